The van der Waals surface area contributed by atoms with Crippen molar-refractivity contribution in [3.63, 3.8) is 0 Å². The Kier molecular flexibility index (Phi) is 4.70. The fourth-order valence-electron chi connectivity index (χ4n) is 3.51. The Bertz CT molecular complexity index is 1100. The molecule has 3 aromatic rings. The first kappa shape index (κ1) is 18.9. The summed E-state index contributed by atoms with van der Waals surface area (Å²) in [7, 11) is 0. The molecule has 0 saturated carbocycles. The predicted octanol–water partition coefficient (Wildman–Crippen LogP) is 3.65. The first-order valence-electron chi connectivity index (χ1n) is 9.01. The van der Waals surface area contributed by atoms with Crippen LogP contribution in [-0.4, -0.2) is 32.5 Å². The molecule has 9 heteroatoms. The second kappa shape index (κ2) is 7.20. The van der Waals surface area contributed by atoms with Crippen LogP contribution in [0.1, 0.15) is 22.4 Å². The molecule has 148 valence electrons. The molecule has 0 fully saturated rings. The molecule has 6 nitrogen and oxygen atoms in total. The molecule has 29 heavy (non-hydrogen) atoms. The van der Waals surface area contributed by atoms with Gasteiger partial charge in [0.25, 0.3) is 0 Å². The molecule has 0 saturated heterocycles. The van der Waals surface area contributed by atoms with Gasteiger partial charge >= 0.3 is 6.18 Å². The lowest BCUT2D eigenvalue weighted by molar-refractivity contribution is -0.142. The Morgan fingerprint density at radius 3 is 2.69 bits per heavy atom. The van der Waals surface area contributed by atoms with Gasteiger partial charge in [0.1, 0.15) is 18.4 Å². The third kappa shape index (κ3) is 4.06. The zero-order chi connectivity index (χ0) is 20.6. The largest absolute Gasteiger partial charge is 0.408 e. The van der Waals surface area contributed by atoms with E-state index < -0.39 is 12.7 Å². The van der Waals surface area contributed by atoms with Gasteiger partial charge in [-0.05, 0) is 30.2 Å². The number of hydrogen-bond acceptors (Lipinski definition) is 5. The van der Waals surface area contributed by atoms with Crippen molar-refractivity contribution in [1.82, 2.24) is 19.7 Å². The Labute approximate surface area is 165 Å². The van der Waals surface area contributed by atoms with Crippen molar-refractivity contribution >= 4 is 5.82 Å². The van der Waals surface area contributed by atoms with Crippen LogP contribution in [0.4, 0.5) is 19.0 Å². The fraction of sp³-hybridized carbons (Fsp3) is 0.300. The number of hydrogen-bond donors (Lipinski definition) is 0. The molecule has 0 aliphatic carbocycles. The zero-order valence-electron chi connectivity index (χ0n) is 15.6. The quantitative estimate of drug-likeness (QED) is 0.674. The summed E-state index contributed by atoms with van der Waals surface area (Å²) in [5, 5.41) is 12.8. The van der Waals surface area contributed by atoms with Crippen LogP contribution >= 0.6 is 0 Å². The summed E-state index contributed by atoms with van der Waals surface area (Å²) in [5.41, 5.74) is 4.73. The lowest BCUT2D eigenvalue weighted by Gasteiger charge is -2.30. The first-order valence-corrected chi connectivity index (χ1v) is 9.01. The van der Waals surface area contributed by atoms with Crippen molar-refractivity contribution in [3.05, 3.63) is 59.3 Å². The van der Waals surface area contributed by atoms with Crippen LogP contribution in [0.2, 0.25) is 0 Å². The maximum atomic E-state index is 12.6. The third-order valence-electron chi connectivity index (χ3n) is 4.83. The summed E-state index contributed by atoms with van der Waals surface area (Å²) >= 11 is 0. The van der Waals surface area contributed by atoms with Crippen molar-refractivity contribution < 1.29 is 13.2 Å². The second-order valence-electron chi connectivity index (χ2n) is 7.02. The van der Waals surface area contributed by atoms with E-state index in [-0.39, 0.29) is 0 Å². The van der Waals surface area contributed by atoms with Gasteiger partial charge in [0, 0.05) is 54.9 Å². The highest BCUT2D eigenvalue weighted by Gasteiger charge is 2.28. The Morgan fingerprint density at radius 1 is 1.14 bits per heavy atom. The van der Waals surface area contributed by atoms with Crippen LogP contribution in [-0.2, 0) is 19.5 Å². The number of nitriles is 1. The Balaban J connectivity index is 1.58. The molecule has 0 atom stereocenters. The normalized spacial score (nSPS) is 13.8. The number of halogens is 3. The van der Waals surface area contributed by atoms with Crippen LogP contribution < -0.4 is 4.90 Å². The molecule has 4 rings (SSSR count). The van der Waals surface area contributed by atoms with Crippen molar-refractivity contribution in [2.45, 2.75) is 32.6 Å². The summed E-state index contributed by atoms with van der Waals surface area (Å²) in [6.07, 6.45) is 2.45. The number of rotatable bonds is 3. The van der Waals surface area contributed by atoms with Crippen molar-refractivity contribution in [2.75, 3.05) is 11.4 Å². The van der Waals surface area contributed by atoms with E-state index in [2.05, 4.69) is 26.0 Å². The van der Waals surface area contributed by atoms with E-state index in [9.17, 15) is 13.2 Å². The van der Waals surface area contributed by atoms with E-state index in [1.165, 1.54) is 12.4 Å². The molecule has 0 unspecified atom stereocenters. The fourth-order valence-corrected chi connectivity index (χ4v) is 3.51. The monoisotopic (exact) mass is 398 g/mol. The second-order valence-corrected chi connectivity index (χ2v) is 7.02. The van der Waals surface area contributed by atoms with Gasteiger partial charge in [-0.2, -0.15) is 23.5 Å². The van der Waals surface area contributed by atoms with Gasteiger partial charge in [-0.3, -0.25) is 9.67 Å². The number of pyridine rings is 2. The maximum Gasteiger partial charge on any atom is 0.408 e. The smallest absolute Gasteiger partial charge is 0.352 e. The number of nitrogens with zero attached hydrogens (tertiary/aromatic N) is 6. The minimum Gasteiger partial charge on any atom is -0.352 e. The predicted molar refractivity (Wildman–Crippen MR) is 100.0 cm³/mol. The summed E-state index contributed by atoms with van der Waals surface area (Å²) < 4.78 is 38.6. The molecule has 0 spiro atoms. The van der Waals surface area contributed by atoms with Crippen molar-refractivity contribution in [2.24, 2.45) is 0 Å². The van der Waals surface area contributed by atoms with Gasteiger partial charge in [-0.25, -0.2) is 4.98 Å². The van der Waals surface area contributed by atoms with E-state index in [0.29, 0.717) is 17.7 Å². The number of anilines is 1. The molecule has 1 aliphatic heterocycles. The van der Waals surface area contributed by atoms with E-state index >= 15 is 0 Å². The number of aryl methyl sites for hydroxylation is 1. The lowest BCUT2D eigenvalue weighted by Crippen LogP contribution is -2.32. The van der Waals surface area contributed by atoms with Gasteiger partial charge in [0.2, 0.25) is 0 Å². The SMILES string of the molecule is Cc1cc(C#N)cnc1N1CCc2ncc(-c3cnn(CC(F)(F)F)c3)cc2C1. The molecule has 0 radical (unpaired) electrons. The van der Waals surface area contributed by atoms with Crippen LogP contribution in [0.25, 0.3) is 11.1 Å². The third-order valence-corrected chi connectivity index (χ3v) is 4.83. The Morgan fingerprint density at radius 2 is 1.97 bits per heavy atom. The van der Waals surface area contributed by atoms with Crippen LogP contribution in [0.15, 0.2) is 36.9 Å². The molecular formula is C20H17F3N6. The first-order chi connectivity index (χ1) is 13.8. The van der Waals surface area contributed by atoms with Gasteiger partial charge in [-0.15, -0.1) is 0 Å². The number of alkyl halides is 3. The molecule has 1 aliphatic rings. The highest BCUT2D eigenvalue weighted by atomic mass is 19.4. The van der Waals surface area contributed by atoms with Crippen LogP contribution in [0.5, 0.6) is 0 Å². The summed E-state index contributed by atoms with van der Waals surface area (Å²) in [5.74, 6) is 0.818. The Hall–Kier alpha value is -3.41. The molecule has 0 bridgehead atoms. The molecule has 0 N–H and O–H groups in total. The molecule has 3 aromatic heterocycles. The van der Waals surface area contributed by atoms with Gasteiger partial charge in [0.15, 0.2) is 0 Å². The molecule has 4 heterocycles. The minimum absolute atomic E-state index is 0.517. The minimum atomic E-state index is -4.32. The summed E-state index contributed by atoms with van der Waals surface area (Å²) in [6, 6.07) is 5.84. The highest BCUT2D eigenvalue weighted by molar-refractivity contribution is 5.62. The average Bonchev–Trinajstić information content (AvgIpc) is 3.13. The summed E-state index contributed by atoms with van der Waals surface area (Å²) in [4.78, 5) is 11.1. The van der Waals surface area contributed by atoms with Gasteiger partial charge in [0.05, 0.1) is 11.8 Å². The van der Waals surface area contributed by atoms with Crippen LogP contribution in [0, 0.1) is 18.3 Å². The number of fused-ring (bicyclic) bond motifs is 1. The maximum absolute atomic E-state index is 12.6. The van der Waals surface area contributed by atoms with Crippen molar-refractivity contribution in [3.8, 4) is 17.2 Å². The van der Waals surface area contributed by atoms with E-state index in [1.807, 2.05) is 19.1 Å². The van der Waals surface area contributed by atoms with Crippen LogP contribution in [0.3, 0.4) is 0 Å². The zero-order valence-corrected chi connectivity index (χ0v) is 15.6. The molecule has 0 amide bonds. The van der Waals surface area contributed by atoms with Crippen molar-refractivity contribution in [1.29, 1.82) is 5.26 Å². The van der Waals surface area contributed by atoms with E-state index in [0.717, 1.165) is 45.8 Å². The average molecular weight is 398 g/mol. The number of aromatic nitrogens is 4. The van der Waals surface area contributed by atoms with E-state index in [4.69, 9.17) is 5.26 Å². The highest BCUT2D eigenvalue weighted by Crippen LogP contribution is 2.28. The summed E-state index contributed by atoms with van der Waals surface area (Å²) in [6.45, 7) is 2.14. The molecule has 0 aromatic carbocycles. The topological polar surface area (TPSA) is 70.6 Å². The van der Waals surface area contributed by atoms with Gasteiger partial charge < -0.3 is 4.90 Å². The van der Waals surface area contributed by atoms with E-state index in [1.54, 1.807) is 12.4 Å². The lowest BCUT2D eigenvalue weighted by atomic mass is 10.0. The van der Waals surface area contributed by atoms with Gasteiger partial charge in [-0.1, -0.05) is 0 Å². The standard InChI is InChI=1S/C20H17F3N6/c1-13-4-14(6-24)7-26-19(13)28-3-2-18-16(10-28)5-15(8-25-18)17-9-27-29(11-17)12-20(21,22)23/h4-5,7-9,11H,2-3,10,12H2,1H3. The molecular weight excluding hydrogens is 381 g/mol.